The monoisotopic (exact) mass is 299 g/mol. The second-order valence-corrected chi connectivity index (χ2v) is 5.56. The van der Waals surface area contributed by atoms with E-state index in [4.69, 9.17) is 0 Å². The van der Waals surface area contributed by atoms with Crippen molar-refractivity contribution in [3.05, 3.63) is 52.8 Å². The predicted octanol–water partition coefficient (Wildman–Crippen LogP) is 2.17. The number of nitrogens with zero attached hydrogens (tertiary/aromatic N) is 3. The highest BCUT2D eigenvalue weighted by atomic mass is 15.3. The number of aromatic nitrogens is 2. The van der Waals surface area contributed by atoms with Crippen LogP contribution in [0.1, 0.15) is 22.3 Å². The summed E-state index contributed by atoms with van der Waals surface area (Å²) >= 11 is 0. The van der Waals surface area contributed by atoms with Crippen molar-refractivity contribution < 1.29 is 0 Å². The molecule has 2 N–H and O–H groups in total. The second-order valence-electron chi connectivity index (χ2n) is 5.56. The van der Waals surface area contributed by atoms with Gasteiger partial charge >= 0.3 is 0 Å². The molecule has 1 aromatic carbocycles. The summed E-state index contributed by atoms with van der Waals surface area (Å²) in [6.07, 6.45) is 3.90. The summed E-state index contributed by atoms with van der Waals surface area (Å²) in [5, 5.41) is 10.9. The quantitative estimate of drug-likeness (QED) is 0.657. The number of hydrogen-bond acceptors (Lipinski definition) is 2. The standard InChI is InChI=1S/C17H25N5/c1-13-5-6-16(15(3)9-13)11-20-17(18-4)19-7-8-22-12-14(2)10-21-22/h5-6,9-10,12H,7-8,11H2,1-4H3,(H2,18,19,20). The fraction of sp³-hybridized carbons (Fsp3) is 0.412. The molecular weight excluding hydrogens is 274 g/mol. The molecular formula is C17H25N5. The van der Waals surface area contributed by atoms with Crippen LogP contribution in [0.2, 0.25) is 0 Å². The molecule has 0 aliphatic carbocycles. The highest BCUT2D eigenvalue weighted by Gasteiger charge is 2.01. The molecule has 1 heterocycles. The Balaban J connectivity index is 1.80. The van der Waals surface area contributed by atoms with Crippen LogP contribution in [0.3, 0.4) is 0 Å². The molecule has 0 bridgehead atoms. The lowest BCUT2D eigenvalue weighted by atomic mass is 10.1. The maximum absolute atomic E-state index is 4.27. The Kier molecular flexibility index (Phi) is 5.58. The van der Waals surface area contributed by atoms with E-state index in [9.17, 15) is 0 Å². The van der Waals surface area contributed by atoms with Gasteiger partial charge < -0.3 is 10.6 Å². The molecule has 5 heteroatoms. The number of aliphatic imine (C=N–C) groups is 1. The van der Waals surface area contributed by atoms with E-state index in [0.29, 0.717) is 0 Å². The van der Waals surface area contributed by atoms with Crippen LogP contribution in [0.15, 0.2) is 35.6 Å². The van der Waals surface area contributed by atoms with Gasteiger partial charge in [0.1, 0.15) is 0 Å². The third-order valence-corrected chi connectivity index (χ3v) is 3.56. The molecule has 0 saturated carbocycles. The van der Waals surface area contributed by atoms with Crippen LogP contribution in [0.25, 0.3) is 0 Å². The largest absolute Gasteiger partial charge is 0.355 e. The molecule has 0 amide bonds. The average molecular weight is 299 g/mol. The Labute approximate surface area is 132 Å². The number of rotatable bonds is 5. The van der Waals surface area contributed by atoms with E-state index >= 15 is 0 Å². The molecule has 0 aliphatic heterocycles. The van der Waals surface area contributed by atoms with Crippen LogP contribution < -0.4 is 10.6 Å². The van der Waals surface area contributed by atoms with Gasteiger partial charge in [0.15, 0.2) is 5.96 Å². The first-order chi connectivity index (χ1) is 10.6. The van der Waals surface area contributed by atoms with Crippen LogP contribution in [0.4, 0.5) is 0 Å². The topological polar surface area (TPSA) is 54.2 Å². The number of hydrogen-bond donors (Lipinski definition) is 2. The molecule has 0 unspecified atom stereocenters. The Morgan fingerprint density at radius 3 is 2.64 bits per heavy atom. The first kappa shape index (κ1) is 16.1. The van der Waals surface area contributed by atoms with Gasteiger partial charge in [-0.1, -0.05) is 23.8 Å². The van der Waals surface area contributed by atoms with Gasteiger partial charge in [-0.05, 0) is 37.5 Å². The summed E-state index contributed by atoms with van der Waals surface area (Å²) in [4.78, 5) is 4.25. The molecule has 5 nitrogen and oxygen atoms in total. The minimum atomic E-state index is 0.771. The van der Waals surface area contributed by atoms with Crippen molar-refractivity contribution in [1.82, 2.24) is 20.4 Å². The maximum Gasteiger partial charge on any atom is 0.191 e. The van der Waals surface area contributed by atoms with E-state index < -0.39 is 0 Å². The third kappa shape index (κ3) is 4.62. The summed E-state index contributed by atoms with van der Waals surface area (Å²) in [5.74, 6) is 0.809. The summed E-state index contributed by atoms with van der Waals surface area (Å²) in [6, 6.07) is 6.50. The van der Waals surface area contributed by atoms with E-state index in [1.165, 1.54) is 22.3 Å². The highest BCUT2D eigenvalue weighted by molar-refractivity contribution is 5.79. The van der Waals surface area contributed by atoms with Crippen LogP contribution in [-0.2, 0) is 13.1 Å². The molecule has 0 radical (unpaired) electrons. The molecule has 0 fully saturated rings. The SMILES string of the molecule is CN=C(NCCn1cc(C)cn1)NCc1ccc(C)cc1C. The molecule has 0 atom stereocenters. The van der Waals surface area contributed by atoms with Gasteiger partial charge in [-0.15, -0.1) is 0 Å². The zero-order chi connectivity index (χ0) is 15.9. The number of benzene rings is 1. The summed E-state index contributed by atoms with van der Waals surface area (Å²) in [6.45, 7) is 8.67. The van der Waals surface area contributed by atoms with Gasteiger partial charge in [-0.3, -0.25) is 9.67 Å². The van der Waals surface area contributed by atoms with Gasteiger partial charge in [0.2, 0.25) is 0 Å². The zero-order valence-corrected chi connectivity index (χ0v) is 13.8. The van der Waals surface area contributed by atoms with Gasteiger partial charge in [0, 0.05) is 26.3 Å². The van der Waals surface area contributed by atoms with E-state index in [1.807, 2.05) is 24.0 Å². The average Bonchev–Trinajstić information content (AvgIpc) is 2.89. The molecule has 0 spiro atoms. The van der Waals surface area contributed by atoms with Crippen molar-refractivity contribution in [2.24, 2.45) is 4.99 Å². The van der Waals surface area contributed by atoms with E-state index in [1.54, 1.807) is 7.05 Å². The van der Waals surface area contributed by atoms with Crippen LogP contribution in [0, 0.1) is 20.8 Å². The van der Waals surface area contributed by atoms with Gasteiger partial charge in [-0.25, -0.2) is 0 Å². The molecule has 1 aromatic heterocycles. The summed E-state index contributed by atoms with van der Waals surface area (Å²) in [5.41, 5.74) is 5.06. The Hall–Kier alpha value is -2.30. The van der Waals surface area contributed by atoms with Crippen LogP contribution >= 0.6 is 0 Å². The Morgan fingerprint density at radius 1 is 1.18 bits per heavy atom. The van der Waals surface area contributed by atoms with Crippen molar-refractivity contribution in [1.29, 1.82) is 0 Å². The second kappa shape index (κ2) is 7.64. The van der Waals surface area contributed by atoms with Crippen molar-refractivity contribution in [3.63, 3.8) is 0 Å². The minimum Gasteiger partial charge on any atom is -0.355 e. The maximum atomic E-state index is 4.27. The Bertz CT molecular complexity index is 642. The molecule has 0 saturated heterocycles. The molecule has 118 valence electrons. The lowest BCUT2D eigenvalue weighted by Gasteiger charge is -2.13. The van der Waals surface area contributed by atoms with Crippen molar-refractivity contribution in [2.45, 2.75) is 33.9 Å². The fourth-order valence-corrected chi connectivity index (χ4v) is 2.32. The zero-order valence-electron chi connectivity index (χ0n) is 13.8. The van der Waals surface area contributed by atoms with E-state index in [-0.39, 0.29) is 0 Å². The van der Waals surface area contributed by atoms with Crippen LogP contribution in [-0.4, -0.2) is 29.3 Å². The lowest BCUT2D eigenvalue weighted by molar-refractivity contribution is 0.597. The normalized spacial score (nSPS) is 11.5. The van der Waals surface area contributed by atoms with Gasteiger partial charge in [0.05, 0.1) is 12.7 Å². The number of nitrogens with one attached hydrogen (secondary N) is 2. The fourth-order valence-electron chi connectivity index (χ4n) is 2.32. The van der Waals surface area contributed by atoms with Gasteiger partial charge in [-0.2, -0.15) is 5.10 Å². The molecule has 22 heavy (non-hydrogen) atoms. The van der Waals surface area contributed by atoms with E-state index in [2.05, 4.69) is 52.8 Å². The third-order valence-electron chi connectivity index (χ3n) is 3.56. The predicted molar refractivity (Wildman–Crippen MR) is 91.1 cm³/mol. The highest BCUT2D eigenvalue weighted by Crippen LogP contribution is 2.09. The van der Waals surface area contributed by atoms with Gasteiger partial charge in [0.25, 0.3) is 0 Å². The number of aryl methyl sites for hydroxylation is 3. The van der Waals surface area contributed by atoms with Crippen molar-refractivity contribution >= 4 is 5.96 Å². The first-order valence-corrected chi connectivity index (χ1v) is 7.58. The minimum absolute atomic E-state index is 0.771. The van der Waals surface area contributed by atoms with Crippen molar-refractivity contribution in [2.75, 3.05) is 13.6 Å². The lowest BCUT2D eigenvalue weighted by Crippen LogP contribution is -2.38. The first-order valence-electron chi connectivity index (χ1n) is 7.58. The smallest absolute Gasteiger partial charge is 0.191 e. The summed E-state index contributed by atoms with van der Waals surface area (Å²) in [7, 11) is 1.79. The molecule has 2 rings (SSSR count). The molecule has 0 aliphatic rings. The summed E-state index contributed by atoms with van der Waals surface area (Å²) < 4.78 is 1.93. The van der Waals surface area contributed by atoms with E-state index in [0.717, 1.165) is 25.6 Å². The van der Waals surface area contributed by atoms with Crippen molar-refractivity contribution in [3.8, 4) is 0 Å². The molecule has 2 aromatic rings. The van der Waals surface area contributed by atoms with Crippen LogP contribution in [0.5, 0.6) is 0 Å². The Morgan fingerprint density at radius 2 is 2.00 bits per heavy atom. The number of guanidine groups is 1.